The second kappa shape index (κ2) is 2.74. The molecule has 0 saturated heterocycles. The molecule has 1 aromatic heterocycles. The van der Waals surface area contributed by atoms with Crippen molar-refractivity contribution in [1.82, 2.24) is 4.57 Å². The number of hydrogen-bond donors (Lipinski definition) is 1. The lowest BCUT2D eigenvalue weighted by molar-refractivity contribution is 0.953. The van der Waals surface area contributed by atoms with Crippen molar-refractivity contribution in [3.63, 3.8) is 0 Å². The van der Waals surface area contributed by atoms with Gasteiger partial charge in [0, 0.05) is 12.4 Å². The topological polar surface area (TPSA) is 28.8 Å². The van der Waals surface area contributed by atoms with Crippen LogP contribution in [0.2, 0.25) is 0 Å². The SMILES string of the molecule is C=Cn1cc(C)c(C)cc1=N. The summed E-state index contributed by atoms with van der Waals surface area (Å²) < 4.78 is 1.70. The molecule has 0 spiro atoms. The number of aromatic nitrogens is 1. The Hall–Kier alpha value is -1.31. The second-order valence-corrected chi connectivity index (χ2v) is 2.61. The lowest BCUT2D eigenvalue weighted by Gasteiger charge is -2.03. The van der Waals surface area contributed by atoms with E-state index in [9.17, 15) is 0 Å². The van der Waals surface area contributed by atoms with Gasteiger partial charge in [-0.25, -0.2) is 0 Å². The maximum Gasteiger partial charge on any atom is 0.129 e. The molecule has 2 heteroatoms. The van der Waals surface area contributed by atoms with Crippen molar-refractivity contribution in [2.75, 3.05) is 0 Å². The first-order chi connectivity index (χ1) is 5.15. The molecular formula is C9H12N2. The van der Waals surface area contributed by atoms with E-state index in [1.165, 1.54) is 5.56 Å². The van der Waals surface area contributed by atoms with E-state index in [0.717, 1.165) is 5.56 Å². The van der Waals surface area contributed by atoms with Crippen molar-refractivity contribution < 1.29 is 0 Å². The Kier molecular flexibility index (Phi) is 1.94. The van der Waals surface area contributed by atoms with Crippen molar-refractivity contribution in [2.45, 2.75) is 13.8 Å². The molecule has 1 rings (SSSR count). The van der Waals surface area contributed by atoms with E-state index >= 15 is 0 Å². The number of nitrogens with one attached hydrogen (secondary N) is 1. The van der Waals surface area contributed by atoms with Crippen LogP contribution in [0.3, 0.4) is 0 Å². The van der Waals surface area contributed by atoms with Crippen molar-refractivity contribution in [3.8, 4) is 0 Å². The highest BCUT2D eigenvalue weighted by Crippen LogP contribution is 2.00. The zero-order valence-corrected chi connectivity index (χ0v) is 6.89. The Labute approximate surface area is 66.3 Å². The number of hydrogen-bond acceptors (Lipinski definition) is 1. The average Bonchev–Trinajstić information content (AvgIpc) is 1.97. The molecule has 0 aliphatic heterocycles. The van der Waals surface area contributed by atoms with E-state index < -0.39 is 0 Å². The Bertz CT molecular complexity index is 334. The quantitative estimate of drug-likeness (QED) is 0.628. The summed E-state index contributed by atoms with van der Waals surface area (Å²) in [5, 5.41) is 7.50. The van der Waals surface area contributed by atoms with Crippen LogP contribution in [0.5, 0.6) is 0 Å². The van der Waals surface area contributed by atoms with Crippen LogP contribution < -0.4 is 5.49 Å². The number of rotatable bonds is 1. The highest BCUT2D eigenvalue weighted by Gasteiger charge is 1.92. The second-order valence-electron chi connectivity index (χ2n) is 2.61. The first-order valence-corrected chi connectivity index (χ1v) is 3.51. The lowest BCUT2D eigenvalue weighted by atomic mass is 10.2. The van der Waals surface area contributed by atoms with E-state index in [2.05, 4.69) is 6.58 Å². The van der Waals surface area contributed by atoms with Crippen LogP contribution in [0.15, 0.2) is 18.8 Å². The lowest BCUT2D eigenvalue weighted by Crippen LogP contribution is -2.14. The maximum absolute atomic E-state index is 7.50. The fraction of sp³-hybridized carbons (Fsp3) is 0.222. The predicted octanol–water partition coefficient (Wildman–Crippen LogP) is 1.68. The average molecular weight is 148 g/mol. The number of pyridine rings is 1. The molecule has 0 aromatic carbocycles. The Morgan fingerprint density at radius 1 is 1.45 bits per heavy atom. The van der Waals surface area contributed by atoms with Crippen molar-refractivity contribution >= 4 is 6.20 Å². The van der Waals surface area contributed by atoms with Crippen LogP contribution in [-0.2, 0) is 0 Å². The van der Waals surface area contributed by atoms with E-state index in [1.54, 1.807) is 10.8 Å². The molecule has 1 heterocycles. The van der Waals surface area contributed by atoms with E-state index in [4.69, 9.17) is 5.41 Å². The molecule has 0 atom stereocenters. The van der Waals surface area contributed by atoms with Crippen molar-refractivity contribution in [2.24, 2.45) is 0 Å². The molecule has 0 unspecified atom stereocenters. The molecular weight excluding hydrogens is 136 g/mol. The largest absolute Gasteiger partial charge is 0.309 e. The third-order valence-corrected chi connectivity index (χ3v) is 1.78. The maximum atomic E-state index is 7.50. The van der Waals surface area contributed by atoms with Crippen LogP contribution in [0.1, 0.15) is 11.1 Å². The molecule has 0 amide bonds. The van der Waals surface area contributed by atoms with Gasteiger partial charge in [0.25, 0.3) is 0 Å². The van der Waals surface area contributed by atoms with Gasteiger partial charge < -0.3 is 4.57 Å². The minimum absolute atomic E-state index is 0.475. The molecule has 0 radical (unpaired) electrons. The summed E-state index contributed by atoms with van der Waals surface area (Å²) >= 11 is 0. The molecule has 11 heavy (non-hydrogen) atoms. The van der Waals surface area contributed by atoms with Gasteiger partial charge in [-0.05, 0) is 31.0 Å². The minimum atomic E-state index is 0.475. The first-order valence-electron chi connectivity index (χ1n) is 3.51. The van der Waals surface area contributed by atoms with Crippen LogP contribution in [-0.4, -0.2) is 4.57 Å². The summed E-state index contributed by atoms with van der Waals surface area (Å²) in [5.74, 6) is 0. The summed E-state index contributed by atoms with van der Waals surface area (Å²) in [5.41, 5.74) is 2.80. The number of nitrogens with zero attached hydrogens (tertiary/aromatic N) is 1. The third-order valence-electron chi connectivity index (χ3n) is 1.78. The molecule has 0 fully saturated rings. The molecule has 58 valence electrons. The summed E-state index contributed by atoms with van der Waals surface area (Å²) in [4.78, 5) is 0. The van der Waals surface area contributed by atoms with Crippen molar-refractivity contribution in [3.05, 3.63) is 35.5 Å². The molecule has 2 nitrogen and oxygen atoms in total. The van der Waals surface area contributed by atoms with E-state index in [0.29, 0.717) is 5.49 Å². The van der Waals surface area contributed by atoms with Crippen LogP contribution in [0.25, 0.3) is 6.20 Å². The standard InChI is InChI=1S/C9H12N2/c1-4-11-6-8(3)7(2)5-9(11)10/h4-6,10H,1H2,2-3H3. The minimum Gasteiger partial charge on any atom is -0.309 e. The summed E-state index contributed by atoms with van der Waals surface area (Å²) in [6.07, 6.45) is 3.54. The fourth-order valence-electron chi connectivity index (χ4n) is 0.924. The van der Waals surface area contributed by atoms with E-state index in [-0.39, 0.29) is 0 Å². The van der Waals surface area contributed by atoms with Gasteiger partial charge >= 0.3 is 0 Å². The summed E-state index contributed by atoms with van der Waals surface area (Å²) in [7, 11) is 0. The molecule has 1 aromatic rings. The van der Waals surface area contributed by atoms with Crippen LogP contribution in [0, 0.1) is 19.3 Å². The van der Waals surface area contributed by atoms with Gasteiger partial charge in [0.15, 0.2) is 0 Å². The normalized spacial score (nSPS) is 9.64. The Morgan fingerprint density at radius 2 is 2.09 bits per heavy atom. The van der Waals surface area contributed by atoms with Crippen LogP contribution >= 0.6 is 0 Å². The molecule has 0 aliphatic carbocycles. The molecule has 1 N–H and O–H groups in total. The smallest absolute Gasteiger partial charge is 0.129 e. The van der Waals surface area contributed by atoms with Gasteiger partial charge in [0.05, 0.1) is 0 Å². The molecule has 0 aliphatic rings. The van der Waals surface area contributed by atoms with Gasteiger partial charge in [0.1, 0.15) is 5.49 Å². The zero-order chi connectivity index (χ0) is 8.43. The Balaban J connectivity index is 3.44. The van der Waals surface area contributed by atoms with Gasteiger partial charge in [-0.3, -0.25) is 5.41 Å². The summed E-state index contributed by atoms with van der Waals surface area (Å²) in [6, 6.07) is 1.83. The Morgan fingerprint density at radius 3 is 2.64 bits per heavy atom. The summed E-state index contributed by atoms with van der Waals surface area (Å²) in [6.45, 7) is 7.63. The van der Waals surface area contributed by atoms with E-state index in [1.807, 2.05) is 26.1 Å². The molecule has 0 bridgehead atoms. The molecule has 0 saturated carbocycles. The van der Waals surface area contributed by atoms with Crippen LogP contribution in [0.4, 0.5) is 0 Å². The zero-order valence-electron chi connectivity index (χ0n) is 6.89. The van der Waals surface area contributed by atoms with Crippen molar-refractivity contribution in [1.29, 1.82) is 5.41 Å². The third kappa shape index (κ3) is 1.40. The fourth-order valence-corrected chi connectivity index (χ4v) is 0.924. The number of aryl methyl sites for hydroxylation is 2. The highest BCUT2D eigenvalue weighted by molar-refractivity contribution is 5.26. The van der Waals surface area contributed by atoms with Gasteiger partial charge in [-0.2, -0.15) is 0 Å². The van der Waals surface area contributed by atoms with Gasteiger partial charge in [-0.15, -0.1) is 0 Å². The highest BCUT2D eigenvalue weighted by atomic mass is 14.9. The predicted molar refractivity (Wildman–Crippen MR) is 46.1 cm³/mol. The monoisotopic (exact) mass is 148 g/mol. The van der Waals surface area contributed by atoms with Gasteiger partial charge in [0.2, 0.25) is 0 Å². The van der Waals surface area contributed by atoms with Gasteiger partial charge in [-0.1, -0.05) is 6.58 Å². The first kappa shape index (κ1) is 7.79.